The molecular weight excluding hydrogens is 263 g/mol. The van der Waals surface area contributed by atoms with Crippen LogP contribution in [0.3, 0.4) is 0 Å². The second kappa shape index (κ2) is 3.90. The fourth-order valence-corrected chi connectivity index (χ4v) is 1.98. The summed E-state index contributed by atoms with van der Waals surface area (Å²) in [6.07, 6.45) is 0.647. The lowest BCUT2D eigenvalue weighted by molar-refractivity contribution is -0.118. The van der Waals surface area contributed by atoms with E-state index in [9.17, 15) is 9.18 Å². The lowest BCUT2D eigenvalue weighted by Crippen LogP contribution is -2.33. The van der Waals surface area contributed by atoms with Crippen molar-refractivity contribution in [3.8, 4) is 0 Å². The SMILES string of the molecule is NC1CCN(c2ccc(F)c(Br)c2)C1=O. The first kappa shape index (κ1) is 10.6. The van der Waals surface area contributed by atoms with E-state index in [4.69, 9.17) is 5.73 Å². The summed E-state index contributed by atoms with van der Waals surface area (Å²) in [4.78, 5) is 13.2. The molecule has 2 rings (SSSR count). The highest BCUT2D eigenvalue weighted by Gasteiger charge is 2.29. The molecule has 0 radical (unpaired) electrons. The molecule has 1 aliphatic heterocycles. The Morgan fingerprint density at radius 3 is 2.80 bits per heavy atom. The van der Waals surface area contributed by atoms with Crippen LogP contribution in [0.25, 0.3) is 0 Å². The standard InChI is InChI=1S/C10H10BrFN2O/c11-7-5-6(1-2-8(7)12)14-4-3-9(13)10(14)15/h1-2,5,9H,3-4,13H2. The van der Waals surface area contributed by atoms with Gasteiger partial charge in [0.15, 0.2) is 0 Å². The van der Waals surface area contributed by atoms with Crippen molar-refractivity contribution < 1.29 is 9.18 Å². The summed E-state index contributed by atoms with van der Waals surface area (Å²) in [6.45, 7) is 0.595. The first-order valence-electron chi connectivity index (χ1n) is 4.61. The molecule has 1 fully saturated rings. The maximum atomic E-state index is 13.0. The van der Waals surface area contributed by atoms with Crippen molar-refractivity contribution in [3.63, 3.8) is 0 Å². The zero-order valence-electron chi connectivity index (χ0n) is 7.91. The molecule has 15 heavy (non-hydrogen) atoms. The predicted octanol–water partition coefficient (Wildman–Crippen LogP) is 1.65. The molecule has 1 atom stereocenters. The van der Waals surface area contributed by atoms with E-state index in [-0.39, 0.29) is 11.7 Å². The third kappa shape index (κ3) is 1.89. The molecule has 80 valence electrons. The van der Waals surface area contributed by atoms with Crippen LogP contribution in [0.1, 0.15) is 6.42 Å². The molecular formula is C10H10BrFN2O. The molecule has 1 unspecified atom stereocenters. The lowest BCUT2D eigenvalue weighted by atomic mass is 10.3. The number of nitrogens with two attached hydrogens (primary N) is 1. The van der Waals surface area contributed by atoms with Gasteiger partial charge in [-0.2, -0.15) is 0 Å². The Kier molecular flexibility index (Phi) is 2.75. The lowest BCUT2D eigenvalue weighted by Gasteiger charge is -2.16. The molecule has 5 heteroatoms. The Morgan fingerprint density at radius 1 is 1.53 bits per heavy atom. The second-order valence-electron chi connectivity index (χ2n) is 3.48. The van der Waals surface area contributed by atoms with E-state index in [1.165, 1.54) is 6.07 Å². The number of nitrogens with zero attached hydrogens (tertiary/aromatic N) is 1. The highest BCUT2D eigenvalue weighted by Crippen LogP contribution is 2.26. The van der Waals surface area contributed by atoms with Gasteiger partial charge in [-0.3, -0.25) is 4.79 Å². The van der Waals surface area contributed by atoms with Crippen LogP contribution >= 0.6 is 15.9 Å². The van der Waals surface area contributed by atoms with Crippen LogP contribution in [0.2, 0.25) is 0 Å². The molecule has 0 saturated carbocycles. The van der Waals surface area contributed by atoms with Gasteiger partial charge in [0.25, 0.3) is 0 Å². The van der Waals surface area contributed by atoms with Crippen molar-refractivity contribution in [1.82, 2.24) is 0 Å². The summed E-state index contributed by atoms with van der Waals surface area (Å²) in [5.41, 5.74) is 6.28. The molecule has 1 heterocycles. The van der Waals surface area contributed by atoms with Gasteiger partial charge in [0.1, 0.15) is 5.82 Å². The Labute approximate surface area is 95.2 Å². The third-order valence-electron chi connectivity index (χ3n) is 2.46. The normalized spacial score (nSPS) is 21.1. The van der Waals surface area contributed by atoms with Crippen molar-refractivity contribution in [1.29, 1.82) is 0 Å². The summed E-state index contributed by atoms with van der Waals surface area (Å²) in [7, 11) is 0. The Morgan fingerprint density at radius 2 is 2.27 bits per heavy atom. The van der Waals surface area contributed by atoms with E-state index in [1.54, 1.807) is 17.0 Å². The molecule has 0 bridgehead atoms. The number of carbonyl (C=O) groups excluding carboxylic acids is 1. The van der Waals surface area contributed by atoms with Crippen LogP contribution in [-0.4, -0.2) is 18.5 Å². The van der Waals surface area contributed by atoms with Crippen LogP contribution in [0.15, 0.2) is 22.7 Å². The maximum Gasteiger partial charge on any atom is 0.243 e. The van der Waals surface area contributed by atoms with Gasteiger partial charge in [-0.05, 0) is 40.5 Å². The average Bonchev–Trinajstić information content (AvgIpc) is 2.53. The number of hydrogen-bond acceptors (Lipinski definition) is 2. The summed E-state index contributed by atoms with van der Waals surface area (Å²) in [5.74, 6) is -0.441. The second-order valence-corrected chi connectivity index (χ2v) is 4.34. The number of benzene rings is 1. The third-order valence-corrected chi connectivity index (χ3v) is 3.07. The van der Waals surface area contributed by atoms with Crippen molar-refractivity contribution in [2.24, 2.45) is 5.73 Å². The van der Waals surface area contributed by atoms with Gasteiger partial charge in [-0.1, -0.05) is 0 Å². The van der Waals surface area contributed by atoms with E-state index in [2.05, 4.69) is 15.9 Å². The Bertz CT molecular complexity index is 410. The number of carbonyl (C=O) groups is 1. The van der Waals surface area contributed by atoms with E-state index in [0.29, 0.717) is 23.1 Å². The average molecular weight is 273 g/mol. The first-order chi connectivity index (χ1) is 7.09. The molecule has 1 amide bonds. The molecule has 1 aromatic carbocycles. The van der Waals surface area contributed by atoms with E-state index < -0.39 is 6.04 Å². The number of halogens is 2. The fourth-order valence-electron chi connectivity index (χ4n) is 1.61. The van der Waals surface area contributed by atoms with Crippen molar-refractivity contribution in [2.45, 2.75) is 12.5 Å². The molecule has 0 aliphatic carbocycles. The Hall–Kier alpha value is -0.940. The zero-order chi connectivity index (χ0) is 11.0. The van der Waals surface area contributed by atoms with E-state index in [0.717, 1.165) is 0 Å². The topological polar surface area (TPSA) is 46.3 Å². The largest absolute Gasteiger partial charge is 0.320 e. The highest BCUT2D eigenvalue weighted by atomic mass is 79.9. The summed E-state index contributed by atoms with van der Waals surface area (Å²) < 4.78 is 13.3. The summed E-state index contributed by atoms with van der Waals surface area (Å²) >= 11 is 3.08. The number of anilines is 1. The predicted molar refractivity (Wildman–Crippen MR) is 59.0 cm³/mol. The quantitative estimate of drug-likeness (QED) is 0.845. The molecule has 0 spiro atoms. The number of hydrogen-bond donors (Lipinski definition) is 1. The van der Waals surface area contributed by atoms with E-state index >= 15 is 0 Å². The van der Waals surface area contributed by atoms with Gasteiger partial charge in [0.2, 0.25) is 5.91 Å². The summed E-state index contributed by atoms with van der Waals surface area (Å²) in [5, 5.41) is 0. The van der Waals surface area contributed by atoms with Gasteiger partial charge in [-0.15, -0.1) is 0 Å². The van der Waals surface area contributed by atoms with Crippen LogP contribution in [-0.2, 0) is 4.79 Å². The molecule has 2 N–H and O–H groups in total. The van der Waals surface area contributed by atoms with Crippen molar-refractivity contribution >= 4 is 27.5 Å². The van der Waals surface area contributed by atoms with Crippen LogP contribution < -0.4 is 10.6 Å². The molecule has 1 aliphatic rings. The number of rotatable bonds is 1. The van der Waals surface area contributed by atoms with Gasteiger partial charge < -0.3 is 10.6 Å². The minimum Gasteiger partial charge on any atom is -0.320 e. The van der Waals surface area contributed by atoms with Crippen LogP contribution in [0.5, 0.6) is 0 Å². The van der Waals surface area contributed by atoms with Gasteiger partial charge in [-0.25, -0.2) is 4.39 Å². The van der Waals surface area contributed by atoms with Crippen LogP contribution in [0.4, 0.5) is 10.1 Å². The van der Waals surface area contributed by atoms with Crippen LogP contribution in [0, 0.1) is 5.82 Å². The minimum absolute atomic E-state index is 0.103. The number of amides is 1. The highest BCUT2D eigenvalue weighted by molar-refractivity contribution is 9.10. The molecule has 3 nitrogen and oxygen atoms in total. The van der Waals surface area contributed by atoms with Gasteiger partial charge >= 0.3 is 0 Å². The smallest absolute Gasteiger partial charge is 0.243 e. The van der Waals surface area contributed by atoms with E-state index in [1.807, 2.05) is 0 Å². The molecule has 1 saturated heterocycles. The van der Waals surface area contributed by atoms with Gasteiger partial charge in [0, 0.05) is 12.2 Å². The monoisotopic (exact) mass is 272 g/mol. The first-order valence-corrected chi connectivity index (χ1v) is 5.41. The minimum atomic E-state index is -0.422. The van der Waals surface area contributed by atoms with Crippen molar-refractivity contribution in [2.75, 3.05) is 11.4 Å². The zero-order valence-corrected chi connectivity index (χ0v) is 9.50. The molecule has 0 aromatic heterocycles. The maximum absolute atomic E-state index is 13.0. The van der Waals surface area contributed by atoms with Gasteiger partial charge in [0.05, 0.1) is 10.5 Å². The van der Waals surface area contributed by atoms with Crippen molar-refractivity contribution in [3.05, 3.63) is 28.5 Å². The molecule has 1 aromatic rings. The fraction of sp³-hybridized carbons (Fsp3) is 0.300. The summed E-state index contributed by atoms with van der Waals surface area (Å²) in [6, 6.07) is 4.08. The Balaban J connectivity index is 2.31.